The van der Waals surface area contributed by atoms with Crippen LogP contribution in [0.15, 0.2) is 12.1 Å². The minimum atomic E-state index is -4.98. The molecular formula is C11H14F3NO3. The molecule has 0 bridgehead atoms. The Hall–Kier alpha value is -1.50. The zero-order valence-electron chi connectivity index (χ0n) is 9.97. The van der Waals surface area contributed by atoms with E-state index in [1.807, 2.05) is 0 Å². The van der Waals surface area contributed by atoms with Gasteiger partial charge in [0.05, 0.1) is 18.7 Å². The van der Waals surface area contributed by atoms with Gasteiger partial charge in [0.25, 0.3) is 0 Å². The summed E-state index contributed by atoms with van der Waals surface area (Å²) in [7, 11) is 0. The standard InChI is InChI=1S/C11H14F3NO3/c1-3-18-9(16)6-10(17,11(12,13)14)8-5-4-7(2)15-8/h4-5,15,17H,3,6H2,1-2H3. The number of aliphatic hydroxyl groups is 1. The number of halogens is 3. The van der Waals surface area contributed by atoms with Crippen LogP contribution in [-0.4, -0.2) is 28.8 Å². The molecule has 1 atom stereocenters. The summed E-state index contributed by atoms with van der Waals surface area (Å²) in [5, 5.41) is 9.77. The average molecular weight is 265 g/mol. The Kier molecular flexibility index (Phi) is 4.05. The lowest BCUT2D eigenvalue weighted by molar-refractivity contribution is -0.270. The Bertz CT molecular complexity index is 427. The molecule has 0 fully saturated rings. The molecule has 18 heavy (non-hydrogen) atoms. The summed E-state index contributed by atoms with van der Waals surface area (Å²) in [4.78, 5) is 13.6. The number of ether oxygens (including phenoxy) is 1. The van der Waals surface area contributed by atoms with E-state index in [0.717, 1.165) is 6.07 Å². The topological polar surface area (TPSA) is 62.3 Å². The summed E-state index contributed by atoms with van der Waals surface area (Å²) in [5.41, 5.74) is -3.27. The van der Waals surface area contributed by atoms with Gasteiger partial charge in [0.15, 0.2) is 0 Å². The van der Waals surface area contributed by atoms with Crippen molar-refractivity contribution in [3.63, 3.8) is 0 Å². The molecule has 1 aromatic rings. The molecule has 1 aromatic heterocycles. The van der Waals surface area contributed by atoms with Crippen molar-refractivity contribution in [2.24, 2.45) is 0 Å². The van der Waals surface area contributed by atoms with Gasteiger partial charge < -0.3 is 14.8 Å². The van der Waals surface area contributed by atoms with Crippen molar-refractivity contribution in [2.45, 2.75) is 32.0 Å². The van der Waals surface area contributed by atoms with Crippen LogP contribution in [0.1, 0.15) is 24.7 Å². The molecule has 0 spiro atoms. The van der Waals surface area contributed by atoms with Crippen LogP contribution in [0.25, 0.3) is 0 Å². The summed E-state index contributed by atoms with van der Waals surface area (Å²) in [6.07, 6.45) is -6.15. The first-order chi connectivity index (χ1) is 8.20. The molecule has 0 saturated heterocycles. The number of hydrogen-bond acceptors (Lipinski definition) is 3. The molecule has 1 rings (SSSR count). The van der Waals surface area contributed by atoms with E-state index in [1.165, 1.54) is 13.0 Å². The maximum absolute atomic E-state index is 12.9. The van der Waals surface area contributed by atoms with Crippen LogP contribution in [0.4, 0.5) is 13.2 Å². The summed E-state index contributed by atoms with van der Waals surface area (Å²) >= 11 is 0. The predicted octanol–water partition coefficient (Wildman–Crippen LogP) is 2.03. The lowest BCUT2D eigenvalue weighted by Gasteiger charge is -2.28. The highest BCUT2D eigenvalue weighted by Gasteiger charge is 2.57. The predicted molar refractivity (Wildman–Crippen MR) is 56.7 cm³/mol. The van der Waals surface area contributed by atoms with E-state index in [9.17, 15) is 23.1 Å². The normalized spacial score (nSPS) is 15.2. The third-order valence-corrected chi connectivity index (χ3v) is 2.45. The summed E-state index contributed by atoms with van der Waals surface area (Å²) in [6, 6.07) is 2.49. The minimum absolute atomic E-state index is 0.0451. The van der Waals surface area contributed by atoms with E-state index in [0.29, 0.717) is 5.69 Å². The Morgan fingerprint density at radius 3 is 2.44 bits per heavy atom. The van der Waals surface area contributed by atoms with E-state index in [1.54, 1.807) is 6.92 Å². The number of carbonyl (C=O) groups is 1. The molecule has 0 aliphatic heterocycles. The van der Waals surface area contributed by atoms with E-state index < -0.39 is 29.9 Å². The second-order valence-electron chi connectivity index (χ2n) is 3.89. The monoisotopic (exact) mass is 265 g/mol. The zero-order chi connectivity index (χ0) is 14.0. The van der Waals surface area contributed by atoms with Crippen molar-refractivity contribution >= 4 is 5.97 Å². The summed E-state index contributed by atoms with van der Waals surface area (Å²) in [6.45, 7) is 2.98. The second-order valence-corrected chi connectivity index (χ2v) is 3.89. The maximum atomic E-state index is 12.9. The van der Waals surface area contributed by atoms with Crippen LogP contribution in [0.5, 0.6) is 0 Å². The number of alkyl halides is 3. The molecule has 0 amide bonds. The molecular weight excluding hydrogens is 251 g/mol. The van der Waals surface area contributed by atoms with Crippen LogP contribution in [0.2, 0.25) is 0 Å². The van der Waals surface area contributed by atoms with Gasteiger partial charge in [-0.3, -0.25) is 4.79 Å². The third-order valence-electron chi connectivity index (χ3n) is 2.45. The van der Waals surface area contributed by atoms with Crippen molar-refractivity contribution in [1.82, 2.24) is 4.98 Å². The molecule has 102 valence electrons. The molecule has 7 heteroatoms. The van der Waals surface area contributed by atoms with E-state index in [2.05, 4.69) is 9.72 Å². The number of esters is 1. The van der Waals surface area contributed by atoms with E-state index in [4.69, 9.17) is 0 Å². The number of hydrogen-bond donors (Lipinski definition) is 2. The molecule has 0 radical (unpaired) electrons. The van der Waals surface area contributed by atoms with Gasteiger partial charge in [0.1, 0.15) is 0 Å². The molecule has 0 aromatic carbocycles. The number of aromatic nitrogens is 1. The molecule has 0 aliphatic carbocycles. The number of rotatable bonds is 4. The van der Waals surface area contributed by atoms with Gasteiger partial charge in [-0.25, -0.2) is 0 Å². The SMILES string of the molecule is CCOC(=O)CC(O)(c1ccc(C)[nH]1)C(F)(F)F. The van der Waals surface area contributed by atoms with Gasteiger partial charge in [0.2, 0.25) is 5.60 Å². The highest BCUT2D eigenvalue weighted by Crippen LogP contribution is 2.41. The molecule has 0 aliphatic rings. The number of carbonyl (C=O) groups excluding carboxylic acids is 1. The van der Waals surface area contributed by atoms with Gasteiger partial charge in [-0.2, -0.15) is 13.2 Å². The fourth-order valence-corrected chi connectivity index (χ4v) is 1.51. The zero-order valence-corrected chi connectivity index (χ0v) is 9.97. The maximum Gasteiger partial charge on any atom is 0.423 e. The average Bonchev–Trinajstić information content (AvgIpc) is 2.63. The van der Waals surface area contributed by atoms with Crippen molar-refractivity contribution in [1.29, 1.82) is 0 Å². The quantitative estimate of drug-likeness (QED) is 0.819. The number of aryl methyl sites for hydroxylation is 1. The lowest BCUT2D eigenvalue weighted by atomic mass is 9.95. The van der Waals surface area contributed by atoms with Crippen LogP contribution in [0, 0.1) is 6.92 Å². The van der Waals surface area contributed by atoms with Crippen LogP contribution in [-0.2, 0) is 15.1 Å². The van der Waals surface area contributed by atoms with Gasteiger partial charge in [-0.15, -0.1) is 0 Å². The highest BCUT2D eigenvalue weighted by molar-refractivity contribution is 5.71. The van der Waals surface area contributed by atoms with Crippen LogP contribution < -0.4 is 0 Å². The molecule has 1 unspecified atom stereocenters. The molecule has 2 N–H and O–H groups in total. The van der Waals surface area contributed by atoms with Crippen molar-refractivity contribution < 1.29 is 27.8 Å². The molecule has 1 heterocycles. The van der Waals surface area contributed by atoms with E-state index in [-0.39, 0.29) is 6.61 Å². The van der Waals surface area contributed by atoms with Gasteiger partial charge in [-0.1, -0.05) is 0 Å². The molecule has 0 saturated carbocycles. The van der Waals surface area contributed by atoms with E-state index >= 15 is 0 Å². The Morgan fingerprint density at radius 2 is 2.06 bits per heavy atom. The van der Waals surface area contributed by atoms with Crippen molar-refractivity contribution in [3.8, 4) is 0 Å². The van der Waals surface area contributed by atoms with Crippen molar-refractivity contribution in [3.05, 3.63) is 23.5 Å². The fraction of sp³-hybridized carbons (Fsp3) is 0.545. The fourth-order valence-electron chi connectivity index (χ4n) is 1.51. The van der Waals surface area contributed by atoms with Gasteiger partial charge in [-0.05, 0) is 26.0 Å². The minimum Gasteiger partial charge on any atom is -0.466 e. The second kappa shape index (κ2) is 5.01. The number of nitrogens with one attached hydrogen (secondary N) is 1. The van der Waals surface area contributed by atoms with Crippen LogP contribution in [0.3, 0.4) is 0 Å². The first kappa shape index (κ1) is 14.6. The molecule has 4 nitrogen and oxygen atoms in total. The Balaban J connectivity index is 3.08. The number of H-pyrrole nitrogens is 1. The Labute approximate surface area is 102 Å². The van der Waals surface area contributed by atoms with Crippen molar-refractivity contribution in [2.75, 3.05) is 6.61 Å². The third kappa shape index (κ3) is 2.84. The largest absolute Gasteiger partial charge is 0.466 e. The lowest BCUT2D eigenvalue weighted by Crippen LogP contribution is -2.44. The summed E-state index contributed by atoms with van der Waals surface area (Å²) < 4.78 is 43.2. The number of aromatic amines is 1. The summed E-state index contributed by atoms with van der Waals surface area (Å²) in [5.74, 6) is -1.11. The van der Waals surface area contributed by atoms with Crippen LogP contribution >= 0.6 is 0 Å². The first-order valence-corrected chi connectivity index (χ1v) is 5.31. The van der Waals surface area contributed by atoms with Gasteiger partial charge in [0, 0.05) is 5.69 Å². The first-order valence-electron chi connectivity index (χ1n) is 5.31. The smallest absolute Gasteiger partial charge is 0.423 e. The Morgan fingerprint density at radius 1 is 1.44 bits per heavy atom. The highest BCUT2D eigenvalue weighted by atomic mass is 19.4. The van der Waals surface area contributed by atoms with Gasteiger partial charge >= 0.3 is 12.1 Å².